The Kier molecular flexibility index (Phi) is 5.17. The molecule has 0 saturated carbocycles. The molecule has 1 fully saturated rings. The minimum absolute atomic E-state index is 0.0349. The third-order valence-electron chi connectivity index (χ3n) is 4.23. The van der Waals surface area contributed by atoms with Crippen LogP contribution in [0.5, 0.6) is 0 Å². The van der Waals surface area contributed by atoms with Crippen molar-refractivity contribution in [1.82, 2.24) is 9.88 Å². The van der Waals surface area contributed by atoms with Gasteiger partial charge in [0.1, 0.15) is 0 Å². The van der Waals surface area contributed by atoms with E-state index in [0.717, 1.165) is 43.5 Å². The Morgan fingerprint density at radius 3 is 3.05 bits per heavy atom. The van der Waals surface area contributed by atoms with Crippen molar-refractivity contribution in [2.75, 3.05) is 25.6 Å². The van der Waals surface area contributed by atoms with Gasteiger partial charge in [0.2, 0.25) is 0 Å². The van der Waals surface area contributed by atoms with Crippen LogP contribution in [0.2, 0.25) is 0 Å². The Hall–Kier alpha value is -1.62. The maximum absolute atomic E-state index is 12.7. The molecule has 0 unspecified atom stereocenters. The highest BCUT2D eigenvalue weighted by Gasteiger charge is 2.43. The molecular formula is C16H25N3O2. The van der Waals surface area contributed by atoms with Gasteiger partial charge in [0.15, 0.2) is 0 Å². The van der Waals surface area contributed by atoms with Crippen LogP contribution < -0.4 is 5.32 Å². The van der Waals surface area contributed by atoms with E-state index in [2.05, 4.69) is 17.2 Å². The van der Waals surface area contributed by atoms with Gasteiger partial charge in [-0.1, -0.05) is 13.3 Å². The zero-order valence-corrected chi connectivity index (χ0v) is 13.2. The topological polar surface area (TPSA) is 54.5 Å². The maximum atomic E-state index is 12.7. The number of hydrogen-bond donors (Lipinski definition) is 1. The second-order valence-corrected chi connectivity index (χ2v) is 5.78. The van der Waals surface area contributed by atoms with Crippen molar-refractivity contribution in [3.8, 4) is 0 Å². The zero-order chi connectivity index (χ0) is 15.3. The molecule has 0 radical (unpaired) electrons. The molecule has 0 spiro atoms. The number of amides is 2. The van der Waals surface area contributed by atoms with Crippen molar-refractivity contribution in [1.29, 1.82) is 0 Å². The molecule has 0 aliphatic carbocycles. The number of likely N-dealkylation sites (tertiary alicyclic amines) is 1. The van der Waals surface area contributed by atoms with E-state index >= 15 is 0 Å². The first-order valence-electron chi connectivity index (χ1n) is 7.61. The van der Waals surface area contributed by atoms with E-state index in [9.17, 15) is 4.79 Å². The molecule has 21 heavy (non-hydrogen) atoms. The van der Waals surface area contributed by atoms with Crippen molar-refractivity contribution in [3.63, 3.8) is 0 Å². The van der Waals surface area contributed by atoms with Gasteiger partial charge >= 0.3 is 6.03 Å². The van der Waals surface area contributed by atoms with E-state index in [0.29, 0.717) is 6.61 Å². The first-order chi connectivity index (χ1) is 10.1. The second-order valence-electron chi connectivity index (χ2n) is 5.78. The average Bonchev–Trinajstić information content (AvgIpc) is 2.86. The summed E-state index contributed by atoms with van der Waals surface area (Å²) in [6.07, 6.45) is 7.52. The molecule has 5 nitrogen and oxygen atoms in total. The van der Waals surface area contributed by atoms with Crippen LogP contribution in [-0.4, -0.2) is 41.7 Å². The largest absolute Gasteiger partial charge is 0.382 e. The normalized spacial score (nSPS) is 21.6. The second kappa shape index (κ2) is 6.89. The van der Waals surface area contributed by atoms with Gasteiger partial charge in [-0.15, -0.1) is 0 Å². The fourth-order valence-corrected chi connectivity index (χ4v) is 3.27. The molecule has 0 aromatic carbocycles. The SMILES string of the molecule is CCC[C@@]1(COC)CCCN1C(=O)Nc1ccncc1C. The molecular weight excluding hydrogens is 266 g/mol. The number of aromatic nitrogens is 1. The molecule has 0 bridgehead atoms. The molecule has 1 aromatic rings. The smallest absolute Gasteiger partial charge is 0.322 e. The quantitative estimate of drug-likeness (QED) is 0.906. The predicted molar refractivity (Wildman–Crippen MR) is 83.4 cm³/mol. The summed E-state index contributed by atoms with van der Waals surface area (Å²) >= 11 is 0. The van der Waals surface area contributed by atoms with E-state index in [1.807, 2.05) is 17.9 Å². The monoisotopic (exact) mass is 291 g/mol. The van der Waals surface area contributed by atoms with Gasteiger partial charge in [-0.2, -0.15) is 0 Å². The van der Waals surface area contributed by atoms with Crippen molar-refractivity contribution >= 4 is 11.7 Å². The molecule has 1 saturated heterocycles. The number of carbonyl (C=O) groups is 1. The molecule has 116 valence electrons. The Bertz CT molecular complexity index is 484. The Balaban J connectivity index is 2.15. The molecule has 2 rings (SSSR count). The van der Waals surface area contributed by atoms with Gasteiger partial charge in [0.25, 0.3) is 0 Å². The number of hydrogen-bond acceptors (Lipinski definition) is 3. The third kappa shape index (κ3) is 3.35. The summed E-state index contributed by atoms with van der Waals surface area (Å²) < 4.78 is 5.40. The summed E-state index contributed by atoms with van der Waals surface area (Å²) in [6.45, 7) is 5.49. The number of nitrogens with zero attached hydrogens (tertiary/aromatic N) is 2. The lowest BCUT2D eigenvalue weighted by atomic mass is 9.91. The van der Waals surface area contributed by atoms with Gasteiger partial charge in [0.05, 0.1) is 12.1 Å². The number of anilines is 1. The minimum atomic E-state index is -0.158. The summed E-state index contributed by atoms with van der Waals surface area (Å²) in [5.74, 6) is 0. The van der Waals surface area contributed by atoms with Crippen LogP contribution in [-0.2, 0) is 4.74 Å². The van der Waals surface area contributed by atoms with Crippen LogP contribution in [0.3, 0.4) is 0 Å². The van der Waals surface area contributed by atoms with Gasteiger partial charge in [-0.25, -0.2) is 4.79 Å². The van der Waals surface area contributed by atoms with Gasteiger partial charge in [-0.05, 0) is 37.8 Å². The van der Waals surface area contributed by atoms with E-state index in [4.69, 9.17) is 4.74 Å². The lowest BCUT2D eigenvalue weighted by molar-refractivity contribution is 0.0540. The van der Waals surface area contributed by atoms with Gasteiger partial charge in [-0.3, -0.25) is 4.98 Å². The standard InChI is InChI=1S/C16H25N3O2/c1-4-7-16(12-21-3)8-5-10-19(16)15(20)18-14-6-9-17-11-13(14)2/h6,9,11H,4-5,7-8,10,12H2,1-3H3,(H,17,18,20)/t16-/m0/s1. The molecule has 1 N–H and O–H groups in total. The highest BCUT2D eigenvalue weighted by molar-refractivity contribution is 5.90. The van der Waals surface area contributed by atoms with Crippen molar-refractivity contribution in [2.45, 2.75) is 45.1 Å². The van der Waals surface area contributed by atoms with Crippen LogP contribution in [0.4, 0.5) is 10.5 Å². The van der Waals surface area contributed by atoms with Gasteiger partial charge < -0.3 is 15.0 Å². The first kappa shape index (κ1) is 15.8. The number of carbonyl (C=O) groups excluding carboxylic acids is 1. The van der Waals surface area contributed by atoms with Crippen LogP contribution in [0.15, 0.2) is 18.5 Å². The first-order valence-corrected chi connectivity index (χ1v) is 7.61. The maximum Gasteiger partial charge on any atom is 0.322 e. The molecule has 1 aromatic heterocycles. The number of rotatable bonds is 5. The molecule has 1 aliphatic heterocycles. The number of methoxy groups -OCH3 is 1. The predicted octanol–water partition coefficient (Wildman–Crippen LogP) is 3.20. The van der Waals surface area contributed by atoms with Crippen LogP contribution in [0.25, 0.3) is 0 Å². The average molecular weight is 291 g/mol. The van der Waals surface area contributed by atoms with E-state index in [1.165, 1.54) is 0 Å². The molecule has 1 atom stereocenters. The highest BCUT2D eigenvalue weighted by atomic mass is 16.5. The van der Waals surface area contributed by atoms with E-state index in [-0.39, 0.29) is 11.6 Å². The third-order valence-corrected chi connectivity index (χ3v) is 4.23. The molecule has 5 heteroatoms. The van der Waals surface area contributed by atoms with Crippen LogP contribution >= 0.6 is 0 Å². The Morgan fingerprint density at radius 1 is 1.57 bits per heavy atom. The zero-order valence-electron chi connectivity index (χ0n) is 13.2. The number of aryl methyl sites for hydroxylation is 1. The summed E-state index contributed by atoms with van der Waals surface area (Å²) in [7, 11) is 1.71. The Morgan fingerprint density at radius 2 is 2.38 bits per heavy atom. The number of nitrogens with one attached hydrogen (secondary N) is 1. The summed E-state index contributed by atoms with van der Waals surface area (Å²) in [6, 6.07) is 1.80. The van der Waals surface area contributed by atoms with Gasteiger partial charge in [0, 0.05) is 31.7 Å². The number of urea groups is 1. The van der Waals surface area contributed by atoms with Crippen molar-refractivity contribution in [2.24, 2.45) is 0 Å². The Labute approximate surface area is 126 Å². The molecule has 1 aliphatic rings. The lowest BCUT2D eigenvalue weighted by Crippen LogP contribution is -2.52. The van der Waals surface area contributed by atoms with Crippen molar-refractivity contribution < 1.29 is 9.53 Å². The fourth-order valence-electron chi connectivity index (χ4n) is 3.27. The van der Waals surface area contributed by atoms with Crippen molar-refractivity contribution in [3.05, 3.63) is 24.0 Å². The van der Waals surface area contributed by atoms with E-state index < -0.39 is 0 Å². The fraction of sp³-hybridized carbons (Fsp3) is 0.625. The molecule has 2 heterocycles. The van der Waals surface area contributed by atoms with Crippen LogP contribution in [0.1, 0.15) is 38.2 Å². The summed E-state index contributed by atoms with van der Waals surface area (Å²) in [5.41, 5.74) is 1.64. The number of pyridine rings is 1. The summed E-state index contributed by atoms with van der Waals surface area (Å²) in [5, 5.41) is 3.02. The minimum Gasteiger partial charge on any atom is -0.382 e. The summed E-state index contributed by atoms with van der Waals surface area (Å²) in [4.78, 5) is 18.7. The van der Waals surface area contributed by atoms with E-state index in [1.54, 1.807) is 19.5 Å². The molecule has 2 amide bonds. The highest BCUT2D eigenvalue weighted by Crippen LogP contribution is 2.34. The van der Waals surface area contributed by atoms with Crippen LogP contribution in [0, 0.1) is 6.92 Å². The number of ether oxygens (including phenoxy) is 1. The lowest BCUT2D eigenvalue weighted by Gasteiger charge is -2.38.